The van der Waals surface area contributed by atoms with E-state index in [9.17, 15) is 17.6 Å². The zero-order chi connectivity index (χ0) is 21.5. The van der Waals surface area contributed by atoms with E-state index in [2.05, 4.69) is 11.6 Å². The van der Waals surface area contributed by atoms with Crippen LogP contribution in [0.1, 0.15) is 41.5 Å². The highest BCUT2D eigenvalue weighted by Crippen LogP contribution is 2.32. The van der Waals surface area contributed by atoms with Crippen molar-refractivity contribution < 1.29 is 17.6 Å². The SMILES string of the molecule is Cc1c(C(=O)N2CCC(C)CC2)c(S(=O)(=O)Nc2ccc(F)cc2Cl)c(C)n1C. The average Bonchev–Trinajstić information content (AvgIpc) is 2.89. The van der Waals surface area contributed by atoms with Crippen molar-refractivity contribution in [2.45, 2.75) is 38.5 Å². The first-order valence-corrected chi connectivity index (χ1v) is 11.3. The molecule has 1 aromatic carbocycles. The molecule has 1 fully saturated rings. The predicted molar refractivity (Wildman–Crippen MR) is 111 cm³/mol. The van der Waals surface area contributed by atoms with E-state index >= 15 is 0 Å². The molecule has 29 heavy (non-hydrogen) atoms. The van der Waals surface area contributed by atoms with Crippen molar-refractivity contribution >= 4 is 33.2 Å². The average molecular weight is 442 g/mol. The highest BCUT2D eigenvalue weighted by atomic mass is 35.5. The van der Waals surface area contributed by atoms with Crippen molar-refractivity contribution in [1.82, 2.24) is 9.47 Å². The topological polar surface area (TPSA) is 71.4 Å². The summed E-state index contributed by atoms with van der Waals surface area (Å²) >= 11 is 5.99. The van der Waals surface area contributed by atoms with Gasteiger partial charge in [-0.2, -0.15) is 0 Å². The van der Waals surface area contributed by atoms with Gasteiger partial charge in [-0.05, 0) is 50.8 Å². The Kier molecular flexibility index (Phi) is 5.96. The third-order valence-electron chi connectivity index (χ3n) is 5.65. The number of piperidine rings is 1. The van der Waals surface area contributed by atoms with E-state index in [0.717, 1.165) is 25.0 Å². The van der Waals surface area contributed by atoms with Crippen LogP contribution in [0.3, 0.4) is 0 Å². The predicted octanol–water partition coefficient (Wildman–Crippen LogP) is 4.11. The Bertz CT molecular complexity index is 1060. The first-order valence-electron chi connectivity index (χ1n) is 9.46. The fourth-order valence-electron chi connectivity index (χ4n) is 3.64. The molecule has 2 heterocycles. The van der Waals surface area contributed by atoms with E-state index in [4.69, 9.17) is 11.6 Å². The number of sulfonamides is 1. The minimum Gasteiger partial charge on any atom is -0.350 e. The second kappa shape index (κ2) is 7.99. The van der Waals surface area contributed by atoms with E-state index in [1.807, 2.05) is 0 Å². The lowest BCUT2D eigenvalue weighted by Gasteiger charge is -2.30. The molecule has 1 saturated heterocycles. The fourth-order valence-corrected chi connectivity index (χ4v) is 5.50. The number of aromatic nitrogens is 1. The Morgan fingerprint density at radius 2 is 1.83 bits per heavy atom. The van der Waals surface area contributed by atoms with Crippen LogP contribution in [0.2, 0.25) is 5.02 Å². The number of amides is 1. The van der Waals surface area contributed by atoms with Gasteiger partial charge in [0.25, 0.3) is 15.9 Å². The van der Waals surface area contributed by atoms with E-state index < -0.39 is 15.8 Å². The molecule has 158 valence electrons. The molecule has 3 rings (SSSR count). The quantitative estimate of drug-likeness (QED) is 0.776. The van der Waals surface area contributed by atoms with Crippen molar-refractivity contribution in [1.29, 1.82) is 0 Å². The summed E-state index contributed by atoms with van der Waals surface area (Å²) in [6.45, 7) is 6.74. The van der Waals surface area contributed by atoms with Crippen molar-refractivity contribution in [2.75, 3.05) is 17.8 Å². The Morgan fingerprint density at radius 3 is 2.41 bits per heavy atom. The zero-order valence-corrected chi connectivity index (χ0v) is 18.5. The summed E-state index contributed by atoms with van der Waals surface area (Å²) in [6.07, 6.45) is 1.78. The van der Waals surface area contributed by atoms with Gasteiger partial charge in [-0.1, -0.05) is 18.5 Å². The number of carbonyl (C=O) groups excluding carboxylic acids is 1. The molecule has 0 bridgehead atoms. The van der Waals surface area contributed by atoms with E-state index in [1.54, 1.807) is 30.4 Å². The summed E-state index contributed by atoms with van der Waals surface area (Å²) < 4.78 is 43.9. The summed E-state index contributed by atoms with van der Waals surface area (Å²) in [6, 6.07) is 3.41. The minimum atomic E-state index is -4.13. The summed E-state index contributed by atoms with van der Waals surface area (Å²) in [5.74, 6) is -0.313. The van der Waals surface area contributed by atoms with Crippen LogP contribution in [0.15, 0.2) is 23.1 Å². The first-order chi connectivity index (χ1) is 13.5. The van der Waals surface area contributed by atoms with Crippen molar-refractivity contribution in [3.05, 3.63) is 46.0 Å². The molecule has 0 spiro atoms. The Balaban J connectivity index is 2.04. The fraction of sp³-hybridized carbons (Fsp3) is 0.450. The summed E-state index contributed by atoms with van der Waals surface area (Å²) in [5.41, 5.74) is 1.25. The Hall–Kier alpha value is -2.06. The van der Waals surface area contributed by atoms with Gasteiger partial charge in [0.1, 0.15) is 10.7 Å². The van der Waals surface area contributed by atoms with E-state index in [1.165, 1.54) is 6.07 Å². The van der Waals surface area contributed by atoms with Gasteiger partial charge in [0.05, 0.1) is 16.3 Å². The number of rotatable bonds is 4. The normalized spacial score (nSPS) is 15.6. The monoisotopic (exact) mass is 441 g/mol. The second-order valence-electron chi connectivity index (χ2n) is 7.64. The number of carbonyl (C=O) groups is 1. The molecule has 1 aliphatic rings. The molecular weight excluding hydrogens is 417 g/mol. The highest BCUT2D eigenvalue weighted by molar-refractivity contribution is 7.92. The number of halogens is 2. The molecule has 2 aromatic rings. The van der Waals surface area contributed by atoms with Gasteiger partial charge in [-0.25, -0.2) is 12.8 Å². The minimum absolute atomic E-state index is 0.0548. The molecule has 0 aliphatic carbocycles. The van der Waals surface area contributed by atoms with Crippen molar-refractivity contribution in [3.63, 3.8) is 0 Å². The molecule has 1 N–H and O–H groups in total. The molecular formula is C20H25ClFN3O3S. The van der Waals surface area contributed by atoms with Crippen LogP contribution in [-0.2, 0) is 17.1 Å². The molecule has 1 aliphatic heterocycles. The van der Waals surface area contributed by atoms with Crippen molar-refractivity contribution in [2.24, 2.45) is 13.0 Å². The van der Waals surface area contributed by atoms with Crippen molar-refractivity contribution in [3.8, 4) is 0 Å². The zero-order valence-electron chi connectivity index (χ0n) is 16.9. The van der Waals surface area contributed by atoms with Crippen LogP contribution >= 0.6 is 11.6 Å². The maximum atomic E-state index is 13.3. The van der Waals surface area contributed by atoms with E-state index in [0.29, 0.717) is 30.4 Å². The highest BCUT2D eigenvalue weighted by Gasteiger charge is 2.34. The van der Waals surface area contributed by atoms with Crippen LogP contribution in [0.4, 0.5) is 10.1 Å². The van der Waals surface area contributed by atoms with E-state index in [-0.39, 0.29) is 27.1 Å². The number of nitrogens with zero attached hydrogens (tertiary/aromatic N) is 2. The molecule has 0 saturated carbocycles. The Morgan fingerprint density at radius 1 is 1.21 bits per heavy atom. The van der Waals surface area contributed by atoms with Crippen LogP contribution in [0, 0.1) is 25.6 Å². The first kappa shape index (κ1) is 21.6. The molecule has 9 heteroatoms. The molecule has 1 amide bonds. The van der Waals surface area contributed by atoms with Gasteiger partial charge >= 0.3 is 0 Å². The van der Waals surface area contributed by atoms with Gasteiger partial charge in [0.15, 0.2) is 0 Å². The standard InChI is InChI=1S/C20H25ClFN3O3S/c1-12-7-9-25(10-8-12)20(26)18-13(2)24(4)14(3)19(18)29(27,28)23-17-6-5-15(22)11-16(17)21/h5-6,11-12,23H,7-10H2,1-4H3. The lowest BCUT2D eigenvalue weighted by molar-refractivity contribution is 0.0692. The molecule has 1 aromatic heterocycles. The van der Waals surface area contributed by atoms with Crippen LogP contribution < -0.4 is 4.72 Å². The molecule has 0 atom stereocenters. The Labute approximate surface area is 175 Å². The lowest BCUT2D eigenvalue weighted by atomic mass is 9.98. The molecule has 6 nitrogen and oxygen atoms in total. The molecule has 0 unspecified atom stereocenters. The lowest BCUT2D eigenvalue weighted by Crippen LogP contribution is -2.38. The van der Waals surface area contributed by atoms with Gasteiger partial charge < -0.3 is 9.47 Å². The van der Waals surface area contributed by atoms with Crippen LogP contribution in [0.25, 0.3) is 0 Å². The number of nitrogens with one attached hydrogen (secondary N) is 1. The third kappa shape index (κ3) is 4.14. The van der Waals surface area contributed by atoms with Gasteiger partial charge in [-0.3, -0.25) is 9.52 Å². The summed E-state index contributed by atoms with van der Waals surface area (Å²) in [7, 11) is -2.41. The maximum absolute atomic E-state index is 13.3. The number of anilines is 1. The molecule has 0 radical (unpaired) electrons. The number of benzene rings is 1. The smallest absolute Gasteiger partial charge is 0.264 e. The summed E-state index contributed by atoms with van der Waals surface area (Å²) in [4.78, 5) is 14.9. The largest absolute Gasteiger partial charge is 0.350 e. The number of hydrogen-bond acceptors (Lipinski definition) is 3. The summed E-state index contributed by atoms with van der Waals surface area (Å²) in [5, 5.41) is -0.0585. The number of likely N-dealkylation sites (tertiary alicyclic amines) is 1. The van der Waals surface area contributed by atoms with Crippen LogP contribution in [0.5, 0.6) is 0 Å². The van der Waals surface area contributed by atoms with Gasteiger partial charge in [0.2, 0.25) is 0 Å². The maximum Gasteiger partial charge on any atom is 0.264 e. The second-order valence-corrected chi connectivity index (χ2v) is 9.66. The van der Waals surface area contributed by atoms with Gasteiger partial charge in [-0.15, -0.1) is 0 Å². The van der Waals surface area contributed by atoms with Crippen LogP contribution in [-0.4, -0.2) is 36.9 Å². The number of hydrogen-bond donors (Lipinski definition) is 1. The van der Waals surface area contributed by atoms with Gasteiger partial charge in [0, 0.05) is 31.5 Å². The third-order valence-corrected chi connectivity index (χ3v) is 7.49.